The Kier molecular flexibility index (Phi) is 11.6. The summed E-state index contributed by atoms with van der Waals surface area (Å²) in [6.45, 7) is 13.8. The molecule has 2 unspecified atom stereocenters. The van der Waals surface area contributed by atoms with Crippen molar-refractivity contribution >= 4 is 22.4 Å². The number of nitrogens with two attached hydrogens (primary N) is 1. The van der Waals surface area contributed by atoms with Crippen LogP contribution in [0.15, 0.2) is 12.1 Å². The number of aryl methyl sites for hydroxylation is 1. The lowest BCUT2D eigenvalue weighted by molar-refractivity contribution is -0.137. The van der Waals surface area contributed by atoms with Crippen molar-refractivity contribution < 1.29 is 27.0 Å². The Balaban J connectivity index is 0.000000352. The van der Waals surface area contributed by atoms with Crippen LogP contribution in [0.25, 0.3) is 22.2 Å². The van der Waals surface area contributed by atoms with Gasteiger partial charge >= 0.3 is 12.2 Å². The smallest absolute Gasteiger partial charge is 0.417 e. The zero-order valence-corrected chi connectivity index (χ0v) is 26.6. The molecule has 1 aromatic carbocycles. The summed E-state index contributed by atoms with van der Waals surface area (Å²) in [7, 11) is 1.31. The average Bonchev–Trinajstić information content (AvgIpc) is 3.48. The van der Waals surface area contributed by atoms with Gasteiger partial charge in [-0.3, -0.25) is 4.90 Å². The van der Waals surface area contributed by atoms with Crippen molar-refractivity contribution in [3.05, 3.63) is 29.1 Å². The maximum Gasteiger partial charge on any atom is 0.417 e. The third kappa shape index (κ3) is 8.03. The monoisotopic (exact) mass is 636 g/mol. The Morgan fingerprint density at radius 3 is 2.51 bits per heavy atom. The van der Waals surface area contributed by atoms with E-state index in [1.807, 2.05) is 13.8 Å². The van der Waals surface area contributed by atoms with E-state index in [4.69, 9.17) is 15.2 Å². The number of alkyl halides is 3. The molecule has 2 fully saturated rings. The summed E-state index contributed by atoms with van der Waals surface area (Å²) < 4.78 is 69.0. The second-order valence-electron chi connectivity index (χ2n) is 11.1. The van der Waals surface area contributed by atoms with Crippen molar-refractivity contribution in [3.8, 4) is 23.1 Å². The number of halogens is 4. The molecular weight excluding hydrogens is 592 g/mol. The van der Waals surface area contributed by atoms with Crippen LogP contribution in [-0.2, 0) is 6.18 Å². The minimum Gasteiger partial charge on any atom is -0.474 e. The molecule has 248 valence electrons. The van der Waals surface area contributed by atoms with Crippen LogP contribution in [0.2, 0.25) is 0 Å². The Morgan fingerprint density at radius 2 is 1.80 bits per heavy atom. The van der Waals surface area contributed by atoms with Crippen LogP contribution in [0.4, 0.5) is 29.1 Å². The average molecular weight is 637 g/mol. The highest BCUT2D eigenvalue weighted by molar-refractivity contribution is 5.96. The van der Waals surface area contributed by atoms with E-state index in [1.54, 1.807) is 6.92 Å². The first kappa shape index (κ1) is 34.4. The number of hydrogen-bond donors (Lipinski definition) is 4. The van der Waals surface area contributed by atoms with Crippen LogP contribution in [0, 0.1) is 12.7 Å². The van der Waals surface area contributed by atoms with Crippen LogP contribution in [0.1, 0.15) is 51.2 Å². The minimum absolute atomic E-state index is 0.0391. The number of ether oxygens (including phenoxy) is 2. The number of pyridine rings is 1. The first-order valence-corrected chi connectivity index (χ1v) is 15.6. The number of benzene rings is 1. The Bertz CT molecular complexity index is 1440. The molecule has 2 saturated heterocycles. The second kappa shape index (κ2) is 15.2. The first-order valence-electron chi connectivity index (χ1n) is 15.6. The Hall–Kier alpha value is -3.49. The summed E-state index contributed by atoms with van der Waals surface area (Å²) in [6, 6.07) is 2.96. The van der Waals surface area contributed by atoms with Gasteiger partial charge in [-0.05, 0) is 63.9 Å². The number of methoxy groups -OCH3 is 1. The molecule has 10 nitrogen and oxygen atoms in total. The lowest BCUT2D eigenvalue weighted by Gasteiger charge is -2.29. The molecule has 3 aliphatic heterocycles. The van der Waals surface area contributed by atoms with Crippen molar-refractivity contribution in [1.29, 1.82) is 0 Å². The summed E-state index contributed by atoms with van der Waals surface area (Å²) in [5.41, 5.74) is 3.34. The van der Waals surface area contributed by atoms with E-state index in [1.165, 1.54) is 59.1 Å². The van der Waals surface area contributed by atoms with Gasteiger partial charge in [0.05, 0.1) is 18.8 Å². The quantitative estimate of drug-likeness (QED) is 0.226. The number of hydrogen-bond acceptors (Lipinski definition) is 10. The van der Waals surface area contributed by atoms with E-state index in [0.29, 0.717) is 26.1 Å². The van der Waals surface area contributed by atoms with Crippen LogP contribution >= 0.6 is 0 Å². The molecule has 2 atom stereocenters. The third-order valence-corrected chi connectivity index (χ3v) is 7.90. The number of nitrogens with zero attached hydrogens (tertiary/aromatic N) is 4. The summed E-state index contributed by atoms with van der Waals surface area (Å²) in [5, 5.41) is 9.84. The van der Waals surface area contributed by atoms with E-state index >= 15 is 4.39 Å². The summed E-state index contributed by atoms with van der Waals surface area (Å²) in [5.74, 6) is -0.952. The van der Waals surface area contributed by atoms with Gasteiger partial charge in [0.25, 0.3) is 0 Å². The lowest BCUT2D eigenvalue weighted by Crippen LogP contribution is -2.47. The molecule has 0 bridgehead atoms. The highest BCUT2D eigenvalue weighted by Crippen LogP contribution is 2.43. The van der Waals surface area contributed by atoms with E-state index in [-0.39, 0.29) is 46.0 Å². The molecule has 5 heterocycles. The molecule has 2 aromatic heterocycles. The molecule has 0 radical (unpaired) electrons. The molecule has 3 aliphatic rings. The fraction of sp³-hybridized carbons (Fsp3) is 0.581. The zero-order chi connectivity index (χ0) is 32.7. The number of nitrogens with one attached hydrogen (secondary N) is 3. The summed E-state index contributed by atoms with van der Waals surface area (Å²) in [6.07, 6.45) is -1.71. The number of fused-ring (bicyclic) bond motifs is 1. The van der Waals surface area contributed by atoms with Gasteiger partial charge in [0, 0.05) is 50.0 Å². The number of aromatic nitrogens is 3. The SMILES string of the molecule is C1CC2CNCCN2C1.CC.COc1nc2c3c(nc(-c4cc(N)cc(C)c4C(F)(F)F)c(F)c3n1)OC(C)CCNCCN2. The highest BCUT2D eigenvalue weighted by atomic mass is 19.4. The van der Waals surface area contributed by atoms with E-state index in [0.717, 1.165) is 12.1 Å². The predicted octanol–water partition coefficient (Wildman–Crippen LogP) is 5.00. The highest BCUT2D eigenvalue weighted by Gasteiger charge is 2.38. The third-order valence-electron chi connectivity index (χ3n) is 7.90. The van der Waals surface area contributed by atoms with Gasteiger partial charge in [0.15, 0.2) is 5.82 Å². The van der Waals surface area contributed by atoms with Crippen molar-refractivity contribution in [2.45, 2.75) is 65.3 Å². The van der Waals surface area contributed by atoms with Crippen LogP contribution in [-0.4, -0.2) is 84.9 Å². The maximum atomic E-state index is 15.9. The number of nitrogen functional groups attached to an aromatic ring is 1. The first-order chi connectivity index (χ1) is 21.6. The van der Waals surface area contributed by atoms with E-state index in [9.17, 15) is 13.2 Å². The molecule has 0 spiro atoms. The summed E-state index contributed by atoms with van der Waals surface area (Å²) >= 11 is 0. The number of anilines is 2. The van der Waals surface area contributed by atoms with Crippen molar-refractivity contribution in [3.63, 3.8) is 0 Å². The molecule has 3 aromatic rings. The molecule has 5 N–H and O–H groups in total. The molecule has 0 saturated carbocycles. The molecule has 0 amide bonds. The number of rotatable bonds is 2. The summed E-state index contributed by atoms with van der Waals surface area (Å²) in [4.78, 5) is 15.2. The minimum atomic E-state index is -4.77. The van der Waals surface area contributed by atoms with E-state index < -0.39 is 28.8 Å². The normalized spacial score (nSPS) is 20.3. The fourth-order valence-corrected chi connectivity index (χ4v) is 5.84. The Labute approximate surface area is 261 Å². The van der Waals surface area contributed by atoms with Gasteiger partial charge in [0.2, 0.25) is 5.88 Å². The van der Waals surface area contributed by atoms with Gasteiger partial charge < -0.3 is 31.2 Å². The fourth-order valence-electron chi connectivity index (χ4n) is 5.84. The largest absolute Gasteiger partial charge is 0.474 e. The van der Waals surface area contributed by atoms with Crippen molar-refractivity contribution in [1.82, 2.24) is 30.5 Å². The van der Waals surface area contributed by atoms with E-state index in [2.05, 4.69) is 35.8 Å². The maximum absolute atomic E-state index is 15.9. The standard InChI is InChI=1S/C22H24F4N6O2.C7H14N2.C2H6/c1-10-8-12(27)9-13(15(10)22(24,25)26)17-16(23)18-14-19(32-21(31-18)33-3)29-7-6-28-5-4-11(2)34-20(14)30-17;1-2-7-6-8-3-5-9(7)4-1;1-2/h8-9,11,28H,4-7,27H2,1-3H3,(H,29,31,32);7-8H,1-6H2;1-2H3. The van der Waals surface area contributed by atoms with Crippen molar-refractivity contribution in [2.24, 2.45) is 0 Å². The molecule has 6 rings (SSSR count). The number of piperazine rings is 1. The lowest BCUT2D eigenvalue weighted by atomic mass is 9.96. The Morgan fingerprint density at radius 1 is 1.02 bits per heavy atom. The van der Waals surface area contributed by atoms with Crippen LogP contribution < -0.4 is 31.2 Å². The van der Waals surface area contributed by atoms with Gasteiger partial charge in [-0.1, -0.05) is 13.8 Å². The predicted molar refractivity (Wildman–Crippen MR) is 168 cm³/mol. The molecular formula is C31H44F4N8O2. The van der Waals surface area contributed by atoms with Crippen molar-refractivity contribution in [2.75, 3.05) is 64.0 Å². The zero-order valence-electron chi connectivity index (χ0n) is 26.6. The van der Waals surface area contributed by atoms with Gasteiger partial charge in [-0.15, -0.1) is 0 Å². The van der Waals surface area contributed by atoms with Gasteiger partial charge in [-0.25, -0.2) is 9.37 Å². The van der Waals surface area contributed by atoms with Crippen LogP contribution in [0.3, 0.4) is 0 Å². The molecule has 0 aliphatic carbocycles. The van der Waals surface area contributed by atoms with Crippen LogP contribution in [0.5, 0.6) is 11.9 Å². The van der Waals surface area contributed by atoms with Gasteiger partial charge in [-0.2, -0.15) is 23.1 Å². The molecule has 45 heavy (non-hydrogen) atoms. The molecule has 14 heteroatoms. The second-order valence-corrected chi connectivity index (χ2v) is 11.1. The van der Waals surface area contributed by atoms with Gasteiger partial charge in [0.1, 0.15) is 22.4 Å². The topological polar surface area (TPSA) is 122 Å².